The third-order valence-electron chi connectivity index (χ3n) is 2.20. The number of ether oxygens (including phenoxy) is 1. The van der Waals surface area contributed by atoms with Crippen LogP contribution in [0.15, 0.2) is 0 Å². The van der Waals surface area contributed by atoms with Crippen molar-refractivity contribution in [3.8, 4) is 12.3 Å². The summed E-state index contributed by atoms with van der Waals surface area (Å²) in [6, 6.07) is -0.00537. The van der Waals surface area contributed by atoms with E-state index in [0.29, 0.717) is 6.10 Å². The monoisotopic (exact) mass is 168 g/mol. The van der Waals surface area contributed by atoms with E-state index in [0.717, 1.165) is 19.4 Å². The molecule has 1 saturated heterocycles. The number of nitrogens with two attached hydrogens (primary N) is 1. The molecule has 0 saturated carbocycles. The molecule has 0 amide bonds. The summed E-state index contributed by atoms with van der Waals surface area (Å²) in [4.78, 5) is 0. The number of hydrogen-bond donors (Lipinski definition) is 2. The van der Waals surface area contributed by atoms with Gasteiger partial charge in [-0.3, -0.25) is 5.84 Å². The molecule has 3 nitrogen and oxygen atoms in total. The lowest BCUT2D eigenvalue weighted by atomic mass is 10.1. The standard InChI is InChI=1S/C9H16N2O/c1-2-8(11-10)5-6-9-4-3-7-12-9/h1,8-9,11H,3-7,10H2. The third kappa shape index (κ3) is 2.82. The fourth-order valence-corrected chi connectivity index (χ4v) is 1.44. The quantitative estimate of drug-likeness (QED) is 0.363. The molecule has 1 aliphatic rings. The van der Waals surface area contributed by atoms with Crippen LogP contribution in [0.3, 0.4) is 0 Å². The van der Waals surface area contributed by atoms with Crippen LogP contribution in [0, 0.1) is 12.3 Å². The molecule has 2 unspecified atom stereocenters. The summed E-state index contributed by atoms with van der Waals surface area (Å²) in [5.41, 5.74) is 2.58. The van der Waals surface area contributed by atoms with E-state index in [9.17, 15) is 0 Å². The largest absolute Gasteiger partial charge is 0.378 e. The number of nitrogens with one attached hydrogen (secondary N) is 1. The van der Waals surface area contributed by atoms with Gasteiger partial charge < -0.3 is 4.74 Å². The zero-order valence-corrected chi connectivity index (χ0v) is 7.25. The summed E-state index contributed by atoms with van der Waals surface area (Å²) >= 11 is 0. The Bertz CT molecular complexity index is 158. The molecule has 0 aromatic rings. The van der Waals surface area contributed by atoms with Crippen molar-refractivity contribution < 1.29 is 4.74 Å². The Hall–Kier alpha value is -0.560. The van der Waals surface area contributed by atoms with Crippen molar-refractivity contribution in [1.29, 1.82) is 0 Å². The van der Waals surface area contributed by atoms with Crippen molar-refractivity contribution in [1.82, 2.24) is 5.43 Å². The maximum absolute atomic E-state index is 5.46. The molecule has 0 radical (unpaired) electrons. The van der Waals surface area contributed by atoms with Gasteiger partial charge in [0.1, 0.15) is 0 Å². The van der Waals surface area contributed by atoms with Crippen LogP contribution in [0.4, 0.5) is 0 Å². The second kappa shape index (κ2) is 5.15. The number of hydrogen-bond acceptors (Lipinski definition) is 3. The minimum Gasteiger partial charge on any atom is -0.378 e. The van der Waals surface area contributed by atoms with Crippen LogP contribution >= 0.6 is 0 Å². The van der Waals surface area contributed by atoms with Crippen LogP contribution in [0.1, 0.15) is 25.7 Å². The zero-order valence-electron chi connectivity index (χ0n) is 7.25. The summed E-state index contributed by atoms with van der Waals surface area (Å²) < 4.78 is 5.46. The smallest absolute Gasteiger partial charge is 0.0815 e. The van der Waals surface area contributed by atoms with Crippen molar-refractivity contribution in [3.05, 3.63) is 0 Å². The highest BCUT2D eigenvalue weighted by atomic mass is 16.5. The van der Waals surface area contributed by atoms with Crippen molar-refractivity contribution >= 4 is 0 Å². The van der Waals surface area contributed by atoms with Gasteiger partial charge in [0.2, 0.25) is 0 Å². The predicted molar refractivity (Wildman–Crippen MR) is 48.2 cm³/mol. The molecule has 3 N–H and O–H groups in total. The lowest BCUT2D eigenvalue weighted by Crippen LogP contribution is -2.34. The van der Waals surface area contributed by atoms with Gasteiger partial charge in [0.05, 0.1) is 12.1 Å². The van der Waals surface area contributed by atoms with Crippen molar-refractivity contribution in [3.63, 3.8) is 0 Å². The van der Waals surface area contributed by atoms with Gasteiger partial charge in [-0.25, -0.2) is 5.43 Å². The predicted octanol–water partition coefficient (Wildman–Crippen LogP) is 0.411. The van der Waals surface area contributed by atoms with Gasteiger partial charge in [0, 0.05) is 6.61 Å². The van der Waals surface area contributed by atoms with E-state index < -0.39 is 0 Å². The third-order valence-corrected chi connectivity index (χ3v) is 2.20. The summed E-state index contributed by atoms with van der Waals surface area (Å²) in [7, 11) is 0. The first-order chi connectivity index (χ1) is 5.86. The molecule has 1 aliphatic heterocycles. The van der Waals surface area contributed by atoms with Gasteiger partial charge in [0.15, 0.2) is 0 Å². The fraction of sp³-hybridized carbons (Fsp3) is 0.778. The Kier molecular flexibility index (Phi) is 4.09. The van der Waals surface area contributed by atoms with Crippen molar-refractivity contribution in [2.75, 3.05) is 6.61 Å². The molecular weight excluding hydrogens is 152 g/mol. The van der Waals surface area contributed by atoms with Crippen LogP contribution in [0.5, 0.6) is 0 Å². The molecule has 1 fully saturated rings. The number of terminal acetylenes is 1. The number of rotatable bonds is 4. The molecule has 0 spiro atoms. The Morgan fingerprint density at radius 1 is 1.75 bits per heavy atom. The van der Waals surface area contributed by atoms with Gasteiger partial charge in [-0.05, 0) is 25.7 Å². The first kappa shape index (κ1) is 9.53. The molecular formula is C9H16N2O. The highest BCUT2D eigenvalue weighted by Gasteiger charge is 2.16. The van der Waals surface area contributed by atoms with Crippen molar-refractivity contribution in [2.45, 2.75) is 37.8 Å². The van der Waals surface area contributed by atoms with Gasteiger partial charge in [0.25, 0.3) is 0 Å². The molecule has 2 atom stereocenters. The van der Waals surface area contributed by atoms with Crippen LogP contribution in [0.25, 0.3) is 0 Å². The average molecular weight is 168 g/mol. The van der Waals surface area contributed by atoms with E-state index in [1.807, 2.05) is 0 Å². The van der Waals surface area contributed by atoms with E-state index in [2.05, 4.69) is 11.3 Å². The number of hydrazine groups is 1. The van der Waals surface area contributed by atoms with Gasteiger partial charge >= 0.3 is 0 Å². The van der Waals surface area contributed by atoms with E-state index in [1.165, 1.54) is 12.8 Å². The molecule has 0 aliphatic carbocycles. The molecule has 68 valence electrons. The molecule has 3 heteroatoms. The summed E-state index contributed by atoms with van der Waals surface area (Å²) in [5.74, 6) is 7.82. The van der Waals surface area contributed by atoms with E-state index in [1.54, 1.807) is 0 Å². The van der Waals surface area contributed by atoms with Crippen LogP contribution in [-0.4, -0.2) is 18.8 Å². The molecule has 0 bridgehead atoms. The minimum atomic E-state index is -0.00537. The first-order valence-electron chi connectivity index (χ1n) is 4.40. The highest BCUT2D eigenvalue weighted by Crippen LogP contribution is 2.17. The Balaban J connectivity index is 2.11. The van der Waals surface area contributed by atoms with Crippen molar-refractivity contribution in [2.24, 2.45) is 5.84 Å². The topological polar surface area (TPSA) is 47.3 Å². The van der Waals surface area contributed by atoms with E-state index in [-0.39, 0.29) is 6.04 Å². The Labute approximate surface area is 73.6 Å². The average Bonchev–Trinajstić information content (AvgIpc) is 2.59. The second-order valence-electron chi connectivity index (χ2n) is 3.10. The minimum absolute atomic E-state index is 0.00537. The van der Waals surface area contributed by atoms with Gasteiger partial charge in [-0.1, -0.05) is 5.92 Å². The maximum Gasteiger partial charge on any atom is 0.0815 e. The van der Waals surface area contributed by atoms with E-state index in [4.69, 9.17) is 17.0 Å². The summed E-state index contributed by atoms with van der Waals surface area (Å²) in [6.45, 7) is 0.904. The Morgan fingerprint density at radius 2 is 2.58 bits per heavy atom. The van der Waals surface area contributed by atoms with Crippen LogP contribution in [0.2, 0.25) is 0 Å². The molecule has 1 heterocycles. The highest BCUT2D eigenvalue weighted by molar-refractivity contribution is 4.97. The molecule has 0 aromatic carbocycles. The van der Waals surface area contributed by atoms with Gasteiger partial charge in [-0.2, -0.15) is 0 Å². The molecule has 12 heavy (non-hydrogen) atoms. The van der Waals surface area contributed by atoms with Gasteiger partial charge in [-0.15, -0.1) is 6.42 Å². The fourth-order valence-electron chi connectivity index (χ4n) is 1.44. The normalized spacial score (nSPS) is 25.2. The zero-order chi connectivity index (χ0) is 8.81. The lowest BCUT2D eigenvalue weighted by molar-refractivity contribution is 0.101. The first-order valence-corrected chi connectivity index (χ1v) is 4.40. The summed E-state index contributed by atoms with van der Waals surface area (Å²) in [5, 5.41) is 0. The molecule has 1 rings (SSSR count). The SMILES string of the molecule is C#CC(CCC1CCCO1)NN. The lowest BCUT2D eigenvalue weighted by Gasteiger charge is -2.12. The van der Waals surface area contributed by atoms with E-state index >= 15 is 0 Å². The second-order valence-corrected chi connectivity index (χ2v) is 3.10. The molecule has 0 aromatic heterocycles. The van der Waals surface area contributed by atoms with Crippen LogP contribution < -0.4 is 11.3 Å². The summed E-state index contributed by atoms with van der Waals surface area (Å²) in [6.07, 6.45) is 9.91. The Morgan fingerprint density at radius 3 is 3.08 bits per heavy atom. The van der Waals surface area contributed by atoms with Crippen LogP contribution in [-0.2, 0) is 4.74 Å². The maximum atomic E-state index is 5.46.